The fourth-order valence-electron chi connectivity index (χ4n) is 6.68. The summed E-state index contributed by atoms with van der Waals surface area (Å²) in [7, 11) is 0. The number of esters is 2. The standard InChI is InChI=1S/C32H34O18/c33-15-2-1-11(4-16(15)34)23-13-6-18(36)17(35)5-12(13)3-14(27(41)49-21-9-31(47,29(43)44)7-19(37)25(21)39)24(23)28(42)50-22-10-32(48,30(45)46)8-20(38)26(22)40/h1-6,19-26,33-40,47-48H,7-10H2,(H,43,44)(H,45,46)/t19-,20-,21?,22?,23-,24-,25-,26-,31+,32+/m1/s1. The number of carbonyl (C=O) groups excluding carboxylic acids is 2. The number of carboxylic acid groups (broad SMARTS) is 2. The van der Waals surface area contributed by atoms with Crippen molar-refractivity contribution in [1.29, 1.82) is 0 Å². The van der Waals surface area contributed by atoms with E-state index in [1.165, 1.54) is 6.07 Å². The second-order valence-electron chi connectivity index (χ2n) is 12.8. The van der Waals surface area contributed by atoms with Crippen molar-refractivity contribution in [2.45, 2.75) is 79.4 Å². The molecule has 0 spiro atoms. The van der Waals surface area contributed by atoms with Crippen LogP contribution in [0, 0.1) is 5.92 Å². The third-order valence-electron chi connectivity index (χ3n) is 9.39. The number of rotatable bonds is 7. The van der Waals surface area contributed by atoms with Crippen molar-refractivity contribution in [2.24, 2.45) is 5.92 Å². The quantitative estimate of drug-likeness (QED) is 0.111. The highest BCUT2D eigenvalue weighted by molar-refractivity contribution is 6.02. The molecule has 2 saturated carbocycles. The van der Waals surface area contributed by atoms with E-state index in [0.717, 1.165) is 30.3 Å². The summed E-state index contributed by atoms with van der Waals surface area (Å²) >= 11 is 0. The molecular formula is C32H34O18. The van der Waals surface area contributed by atoms with Gasteiger partial charge in [0.05, 0.1) is 23.7 Å². The molecule has 2 aromatic rings. The maximum absolute atomic E-state index is 14.2. The van der Waals surface area contributed by atoms with Crippen LogP contribution in [0.25, 0.3) is 6.08 Å². The fourth-order valence-corrected chi connectivity index (χ4v) is 6.68. The number of hydrogen-bond acceptors (Lipinski definition) is 16. The Morgan fingerprint density at radius 2 is 1.16 bits per heavy atom. The summed E-state index contributed by atoms with van der Waals surface area (Å²) in [6.07, 6.45) is -13.9. The first-order valence-electron chi connectivity index (χ1n) is 15.1. The minimum absolute atomic E-state index is 0.00327. The van der Waals surface area contributed by atoms with Gasteiger partial charge in [0.15, 0.2) is 34.2 Å². The molecule has 0 amide bonds. The summed E-state index contributed by atoms with van der Waals surface area (Å²) in [4.78, 5) is 51.7. The predicted molar refractivity (Wildman–Crippen MR) is 160 cm³/mol. The summed E-state index contributed by atoms with van der Waals surface area (Å²) in [5.74, 6) is -12.6. The maximum atomic E-state index is 14.2. The van der Waals surface area contributed by atoms with Gasteiger partial charge in [-0.2, -0.15) is 0 Å². The van der Waals surface area contributed by atoms with Crippen molar-refractivity contribution in [2.75, 3.05) is 0 Å². The zero-order valence-corrected chi connectivity index (χ0v) is 25.7. The summed E-state index contributed by atoms with van der Waals surface area (Å²) in [5.41, 5.74) is -6.03. The normalized spacial score (nSPS) is 33.8. The number of fused-ring (bicyclic) bond motifs is 1. The first-order chi connectivity index (χ1) is 23.3. The number of aromatic hydroxyl groups is 4. The Bertz CT molecular complexity index is 1750. The Morgan fingerprint density at radius 3 is 1.68 bits per heavy atom. The molecule has 0 aliphatic heterocycles. The van der Waals surface area contributed by atoms with Gasteiger partial charge in [-0.15, -0.1) is 0 Å². The molecule has 2 fully saturated rings. The molecule has 5 rings (SSSR count). The number of phenols is 4. The molecule has 2 aromatic carbocycles. The van der Waals surface area contributed by atoms with Gasteiger partial charge in [0.2, 0.25) is 0 Å². The van der Waals surface area contributed by atoms with Gasteiger partial charge in [0, 0.05) is 31.6 Å². The lowest BCUT2D eigenvalue weighted by Crippen LogP contribution is -2.57. The molecule has 2 unspecified atom stereocenters. The first-order valence-corrected chi connectivity index (χ1v) is 15.1. The monoisotopic (exact) mass is 706 g/mol. The zero-order chi connectivity index (χ0) is 37.0. The molecule has 18 heteroatoms. The molecule has 0 radical (unpaired) electrons. The van der Waals surface area contributed by atoms with E-state index in [2.05, 4.69) is 0 Å². The van der Waals surface area contributed by atoms with Crippen LogP contribution in [0.15, 0.2) is 35.9 Å². The largest absolute Gasteiger partial charge is 0.504 e. The lowest BCUT2D eigenvalue weighted by Gasteiger charge is -2.41. The van der Waals surface area contributed by atoms with Crippen LogP contribution in [-0.4, -0.2) is 133 Å². The second kappa shape index (κ2) is 13.0. The van der Waals surface area contributed by atoms with Crippen molar-refractivity contribution < 1.29 is 89.9 Å². The van der Waals surface area contributed by atoms with Crippen LogP contribution in [0.3, 0.4) is 0 Å². The van der Waals surface area contributed by atoms with Gasteiger partial charge < -0.3 is 70.8 Å². The zero-order valence-electron chi connectivity index (χ0n) is 25.7. The Labute approximate surface area is 280 Å². The smallest absolute Gasteiger partial charge is 0.335 e. The van der Waals surface area contributed by atoms with Gasteiger partial charge in [0.25, 0.3) is 0 Å². The molecule has 12 N–H and O–H groups in total. The lowest BCUT2D eigenvalue weighted by molar-refractivity contribution is -0.201. The molecule has 50 heavy (non-hydrogen) atoms. The van der Waals surface area contributed by atoms with Crippen molar-refractivity contribution in [3.05, 3.63) is 52.6 Å². The van der Waals surface area contributed by atoms with E-state index in [0.29, 0.717) is 0 Å². The molecule has 0 saturated heterocycles. The molecule has 10 atom stereocenters. The minimum Gasteiger partial charge on any atom is -0.504 e. The highest BCUT2D eigenvalue weighted by Gasteiger charge is 2.54. The van der Waals surface area contributed by atoms with Crippen LogP contribution < -0.4 is 0 Å². The lowest BCUT2D eigenvalue weighted by atomic mass is 9.71. The number of hydrogen-bond donors (Lipinski definition) is 12. The molecular weight excluding hydrogens is 672 g/mol. The van der Waals surface area contributed by atoms with Crippen LogP contribution in [0.4, 0.5) is 0 Å². The molecule has 3 aliphatic rings. The van der Waals surface area contributed by atoms with Crippen molar-refractivity contribution in [3.8, 4) is 23.0 Å². The molecule has 3 aliphatic carbocycles. The Hall–Kier alpha value is -4.98. The van der Waals surface area contributed by atoms with Crippen molar-refractivity contribution in [1.82, 2.24) is 0 Å². The Kier molecular flexibility index (Phi) is 9.47. The van der Waals surface area contributed by atoms with E-state index in [4.69, 9.17) is 9.47 Å². The number of carboxylic acids is 2. The van der Waals surface area contributed by atoms with Crippen LogP contribution in [-0.2, 0) is 28.7 Å². The van der Waals surface area contributed by atoms with Crippen LogP contribution in [0.5, 0.6) is 23.0 Å². The second-order valence-corrected chi connectivity index (χ2v) is 12.8. The highest BCUT2D eigenvalue weighted by Crippen LogP contribution is 2.48. The maximum Gasteiger partial charge on any atom is 0.335 e. The summed E-state index contributed by atoms with van der Waals surface area (Å²) < 4.78 is 10.8. The van der Waals surface area contributed by atoms with Crippen LogP contribution in [0.1, 0.15) is 48.3 Å². The number of benzene rings is 2. The van der Waals surface area contributed by atoms with Gasteiger partial charge in [0.1, 0.15) is 24.4 Å². The van der Waals surface area contributed by atoms with E-state index in [1.807, 2.05) is 0 Å². The molecule has 0 heterocycles. The van der Waals surface area contributed by atoms with Crippen LogP contribution >= 0.6 is 0 Å². The Balaban J connectivity index is 1.63. The predicted octanol–water partition coefficient (Wildman–Crippen LogP) is -1.86. The van der Waals surface area contributed by atoms with E-state index in [-0.39, 0.29) is 16.7 Å². The third kappa shape index (κ3) is 6.51. The Morgan fingerprint density at radius 1 is 0.660 bits per heavy atom. The number of ether oxygens (including phenoxy) is 2. The summed E-state index contributed by atoms with van der Waals surface area (Å²) in [6, 6.07) is 5.21. The van der Waals surface area contributed by atoms with Crippen LogP contribution in [0.2, 0.25) is 0 Å². The molecule has 0 bridgehead atoms. The highest BCUT2D eigenvalue weighted by atomic mass is 16.6. The van der Waals surface area contributed by atoms with Crippen molar-refractivity contribution >= 4 is 30.0 Å². The average molecular weight is 707 g/mol. The molecule has 0 aromatic heterocycles. The van der Waals surface area contributed by atoms with Crippen molar-refractivity contribution in [3.63, 3.8) is 0 Å². The number of aliphatic hydroxyl groups is 6. The van der Waals surface area contributed by atoms with E-state index >= 15 is 0 Å². The molecule has 18 nitrogen and oxygen atoms in total. The van der Waals surface area contributed by atoms with Gasteiger partial charge >= 0.3 is 23.9 Å². The van der Waals surface area contributed by atoms with Gasteiger partial charge in [-0.3, -0.25) is 4.79 Å². The number of aliphatic hydroxyl groups excluding tert-OH is 4. The van der Waals surface area contributed by atoms with E-state index < -0.39 is 138 Å². The summed E-state index contributed by atoms with van der Waals surface area (Å²) in [5, 5.41) is 123. The number of carbonyl (C=O) groups is 4. The topological polar surface area (TPSA) is 330 Å². The average Bonchev–Trinajstić information content (AvgIpc) is 3.03. The van der Waals surface area contributed by atoms with E-state index in [9.17, 15) is 80.5 Å². The third-order valence-corrected chi connectivity index (χ3v) is 9.39. The number of phenolic OH excluding ortho intramolecular Hbond substituents is 4. The van der Waals surface area contributed by atoms with E-state index in [1.54, 1.807) is 0 Å². The summed E-state index contributed by atoms with van der Waals surface area (Å²) in [6.45, 7) is 0. The SMILES string of the molecule is O=C(OC1C[C@](O)(C(=O)O)C[C@@H](O)[C@H]1O)C1=Cc2cc(O)c(O)cc2[C@@H](c2ccc(O)c(O)c2)[C@@H]1C(=O)OC1C[C@](O)(C(=O)O)C[C@@H](O)[C@H]1O. The van der Waals surface area contributed by atoms with Gasteiger partial charge in [-0.1, -0.05) is 6.07 Å². The number of aliphatic carboxylic acids is 2. The van der Waals surface area contributed by atoms with Gasteiger partial charge in [-0.25, -0.2) is 14.4 Å². The molecule has 270 valence electrons. The fraction of sp³-hybridized carbons (Fsp3) is 0.438. The first kappa shape index (κ1) is 36.3. The van der Waals surface area contributed by atoms with Gasteiger partial charge in [-0.05, 0) is 47.0 Å². The minimum atomic E-state index is -2.66.